The van der Waals surface area contributed by atoms with Gasteiger partial charge in [0.2, 0.25) is 0 Å². The Kier molecular flexibility index (Phi) is 4.92. The number of halogens is 3. The highest BCUT2D eigenvalue weighted by molar-refractivity contribution is 5.72. The number of benzene rings is 2. The van der Waals surface area contributed by atoms with E-state index in [0.717, 1.165) is 27.8 Å². The fourth-order valence-corrected chi connectivity index (χ4v) is 3.16. The summed E-state index contributed by atoms with van der Waals surface area (Å²) in [4.78, 5) is 31.0. The lowest BCUT2D eigenvalue weighted by Crippen LogP contribution is -2.29. The molecule has 0 radical (unpaired) electrons. The molecule has 0 saturated heterocycles. The molecule has 31 heavy (non-hydrogen) atoms. The number of rotatable bonds is 4. The highest BCUT2D eigenvalue weighted by atomic mass is 19.4. The van der Waals surface area contributed by atoms with Crippen molar-refractivity contribution < 1.29 is 17.9 Å². The van der Waals surface area contributed by atoms with Gasteiger partial charge in [0.1, 0.15) is 5.75 Å². The van der Waals surface area contributed by atoms with Crippen LogP contribution < -0.4 is 16.0 Å². The quantitative estimate of drug-likeness (QED) is 0.537. The second-order valence-corrected chi connectivity index (χ2v) is 7.08. The van der Waals surface area contributed by atoms with Crippen molar-refractivity contribution in [3.05, 3.63) is 86.1 Å². The van der Waals surface area contributed by atoms with Crippen molar-refractivity contribution in [3.63, 3.8) is 0 Å². The maximum Gasteiger partial charge on any atom is 0.416 e. The number of aromatic amines is 1. The molecule has 0 atom stereocenters. The molecule has 160 valence electrons. The molecule has 4 rings (SSSR count). The van der Waals surface area contributed by atoms with Crippen molar-refractivity contribution in [2.45, 2.75) is 19.6 Å². The topological polar surface area (TPSA) is 81.9 Å². The molecule has 4 aromatic rings. The van der Waals surface area contributed by atoms with Crippen molar-refractivity contribution in [1.29, 1.82) is 0 Å². The molecule has 0 saturated carbocycles. The van der Waals surface area contributed by atoms with Gasteiger partial charge in [-0.15, -0.1) is 0 Å². The first-order valence-corrected chi connectivity index (χ1v) is 9.23. The van der Waals surface area contributed by atoms with Gasteiger partial charge in [-0.1, -0.05) is 35.9 Å². The van der Waals surface area contributed by atoms with Crippen LogP contribution in [0.15, 0.2) is 58.1 Å². The highest BCUT2D eigenvalue weighted by Gasteiger charge is 2.31. The molecular formula is C21H17F3N4O3. The summed E-state index contributed by atoms with van der Waals surface area (Å²) < 4.78 is 47.4. The predicted molar refractivity (Wildman–Crippen MR) is 107 cm³/mol. The molecule has 0 spiro atoms. The number of nitrogens with zero attached hydrogens (tertiary/aromatic N) is 3. The van der Waals surface area contributed by atoms with Crippen molar-refractivity contribution in [2.75, 3.05) is 0 Å². The summed E-state index contributed by atoms with van der Waals surface area (Å²) >= 11 is 0. The van der Waals surface area contributed by atoms with Crippen LogP contribution in [-0.4, -0.2) is 19.1 Å². The second kappa shape index (κ2) is 7.46. The number of aryl methyl sites for hydroxylation is 2. The third kappa shape index (κ3) is 3.96. The number of hydrogen-bond donors (Lipinski definition) is 1. The Morgan fingerprint density at radius 3 is 2.48 bits per heavy atom. The van der Waals surface area contributed by atoms with Gasteiger partial charge in [-0.05, 0) is 30.7 Å². The number of H-pyrrole nitrogens is 1. The average Bonchev–Trinajstić information content (AvgIpc) is 3.06. The molecule has 0 unspecified atom stereocenters. The summed E-state index contributed by atoms with van der Waals surface area (Å²) in [6.07, 6.45) is -4.54. The minimum absolute atomic E-state index is 0.0582. The summed E-state index contributed by atoms with van der Waals surface area (Å²) in [5.74, 6) is -0.100. The first-order chi connectivity index (χ1) is 14.6. The third-order valence-corrected chi connectivity index (χ3v) is 4.80. The van der Waals surface area contributed by atoms with Crippen LogP contribution in [-0.2, 0) is 19.8 Å². The Hall–Kier alpha value is -3.82. The fraction of sp³-hybridized carbons (Fsp3) is 0.190. The maximum absolute atomic E-state index is 13.1. The van der Waals surface area contributed by atoms with E-state index in [-0.39, 0.29) is 29.5 Å². The number of aromatic nitrogens is 4. The van der Waals surface area contributed by atoms with Crippen molar-refractivity contribution in [2.24, 2.45) is 7.05 Å². The van der Waals surface area contributed by atoms with Gasteiger partial charge in [0.15, 0.2) is 11.2 Å². The molecule has 2 aromatic carbocycles. The maximum atomic E-state index is 13.1. The molecule has 0 aliphatic rings. The van der Waals surface area contributed by atoms with Crippen molar-refractivity contribution >= 4 is 11.2 Å². The van der Waals surface area contributed by atoms with E-state index in [9.17, 15) is 22.8 Å². The molecule has 0 amide bonds. The third-order valence-electron chi connectivity index (χ3n) is 4.80. The Morgan fingerprint density at radius 2 is 1.81 bits per heavy atom. The standard InChI is InChI=1S/C21H17F3N4O3/c1-12-6-8-13(9-7-12)11-28-16-17(27(2)19(30)26-18(16)29)25-20(28)31-15-5-3-4-14(10-15)21(22,23)24/h3-10H,11H2,1-2H3,(H,26,29,30). The van der Waals surface area contributed by atoms with E-state index in [0.29, 0.717) is 0 Å². The van der Waals surface area contributed by atoms with Gasteiger partial charge >= 0.3 is 17.9 Å². The molecule has 2 aromatic heterocycles. The van der Waals surface area contributed by atoms with Gasteiger partial charge in [0.05, 0.1) is 12.1 Å². The van der Waals surface area contributed by atoms with Crippen LogP contribution in [0, 0.1) is 6.92 Å². The van der Waals surface area contributed by atoms with Crippen LogP contribution in [0.2, 0.25) is 0 Å². The van der Waals surface area contributed by atoms with E-state index in [1.54, 1.807) is 0 Å². The molecule has 0 bridgehead atoms. The molecule has 0 aliphatic heterocycles. The lowest BCUT2D eigenvalue weighted by Gasteiger charge is -2.12. The lowest BCUT2D eigenvalue weighted by atomic mass is 10.1. The van der Waals surface area contributed by atoms with Gasteiger partial charge in [-0.3, -0.25) is 18.9 Å². The smallest absolute Gasteiger partial charge is 0.416 e. The SMILES string of the molecule is Cc1ccc(Cn2c(Oc3cccc(C(F)(F)F)c3)nc3c2c(=O)[nH]c(=O)n3C)cc1. The number of alkyl halides is 3. The van der Waals surface area contributed by atoms with Gasteiger partial charge in [-0.25, -0.2) is 4.79 Å². The Labute approximate surface area is 173 Å². The summed E-state index contributed by atoms with van der Waals surface area (Å²) in [6.45, 7) is 2.09. The molecule has 0 aliphatic carbocycles. The zero-order chi connectivity index (χ0) is 22.3. The molecule has 2 heterocycles. The lowest BCUT2D eigenvalue weighted by molar-refractivity contribution is -0.137. The van der Waals surface area contributed by atoms with Crippen LogP contribution in [0.5, 0.6) is 11.8 Å². The second-order valence-electron chi connectivity index (χ2n) is 7.08. The zero-order valence-corrected chi connectivity index (χ0v) is 16.5. The normalized spacial score (nSPS) is 11.8. The molecular weight excluding hydrogens is 413 g/mol. The highest BCUT2D eigenvalue weighted by Crippen LogP contribution is 2.33. The van der Waals surface area contributed by atoms with Gasteiger partial charge in [-0.2, -0.15) is 18.2 Å². The van der Waals surface area contributed by atoms with E-state index in [2.05, 4.69) is 9.97 Å². The van der Waals surface area contributed by atoms with E-state index in [4.69, 9.17) is 4.74 Å². The average molecular weight is 430 g/mol. The molecule has 10 heteroatoms. The molecule has 1 N–H and O–H groups in total. The first-order valence-electron chi connectivity index (χ1n) is 9.23. The summed E-state index contributed by atoms with van der Waals surface area (Å²) in [7, 11) is 1.43. The number of fused-ring (bicyclic) bond motifs is 1. The molecule has 7 nitrogen and oxygen atoms in total. The number of hydrogen-bond acceptors (Lipinski definition) is 4. The number of ether oxygens (including phenoxy) is 1. The van der Waals surface area contributed by atoms with Crippen LogP contribution in [0.3, 0.4) is 0 Å². The minimum atomic E-state index is -4.54. The number of nitrogens with one attached hydrogen (secondary N) is 1. The predicted octanol–water partition coefficient (Wildman–Crippen LogP) is 3.59. The van der Waals surface area contributed by atoms with Crippen molar-refractivity contribution in [3.8, 4) is 11.8 Å². The van der Waals surface area contributed by atoms with Crippen LogP contribution in [0.1, 0.15) is 16.7 Å². The van der Waals surface area contributed by atoms with E-state index in [1.807, 2.05) is 31.2 Å². The largest absolute Gasteiger partial charge is 0.425 e. The van der Waals surface area contributed by atoms with E-state index in [1.165, 1.54) is 23.7 Å². The van der Waals surface area contributed by atoms with Gasteiger partial charge < -0.3 is 4.74 Å². The molecule has 0 fully saturated rings. The van der Waals surface area contributed by atoms with Crippen LogP contribution >= 0.6 is 0 Å². The zero-order valence-electron chi connectivity index (χ0n) is 16.5. The van der Waals surface area contributed by atoms with E-state index >= 15 is 0 Å². The Balaban J connectivity index is 1.87. The number of imidazole rings is 1. The Morgan fingerprint density at radius 1 is 1.10 bits per heavy atom. The van der Waals surface area contributed by atoms with Crippen LogP contribution in [0.4, 0.5) is 13.2 Å². The summed E-state index contributed by atoms with van der Waals surface area (Å²) in [5.41, 5.74) is -0.226. The van der Waals surface area contributed by atoms with Gasteiger partial charge in [0, 0.05) is 7.05 Å². The van der Waals surface area contributed by atoms with Gasteiger partial charge in [0.25, 0.3) is 5.56 Å². The first kappa shape index (κ1) is 20.5. The van der Waals surface area contributed by atoms with Crippen LogP contribution in [0.25, 0.3) is 11.2 Å². The Bertz CT molecular complexity index is 1380. The fourth-order valence-electron chi connectivity index (χ4n) is 3.16. The minimum Gasteiger partial charge on any atom is -0.425 e. The summed E-state index contributed by atoms with van der Waals surface area (Å²) in [5, 5.41) is 0. The van der Waals surface area contributed by atoms with Crippen molar-refractivity contribution in [1.82, 2.24) is 19.1 Å². The monoisotopic (exact) mass is 430 g/mol. The van der Waals surface area contributed by atoms with E-state index < -0.39 is 23.0 Å². The summed E-state index contributed by atoms with van der Waals surface area (Å²) in [6, 6.07) is 11.7.